The van der Waals surface area contributed by atoms with Crippen molar-refractivity contribution >= 4 is 11.8 Å². The molecule has 0 unspecified atom stereocenters. The lowest BCUT2D eigenvalue weighted by Gasteiger charge is -2.30. The molecule has 0 radical (unpaired) electrons. The zero-order chi connectivity index (χ0) is 14.1. The molecule has 0 bridgehead atoms. The zero-order valence-corrected chi connectivity index (χ0v) is 11.6. The van der Waals surface area contributed by atoms with Gasteiger partial charge in [-0.1, -0.05) is 0 Å². The van der Waals surface area contributed by atoms with Gasteiger partial charge in [-0.25, -0.2) is 4.79 Å². The number of rotatable bonds is 7. The van der Waals surface area contributed by atoms with Gasteiger partial charge in [0.25, 0.3) is 0 Å². The van der Waals surface area contributed by atoms with Crippen LogP contribution in [0.1, 0.15) is 39.5 Å². The Bertz CT molecular complexity index is 324. The van der Waals surface area contributed by atoms with Gasteiger partial charge in [-0.2, -0.15) is 0 Å². The van der Waals surface area contributed by atoms with Gasteiger partial charge in [0.15, 0.2) is 0 Å². The molecule has 1 saturated heterocycles. The molecule has 19 heavy (non-hydrogen) atoms. The predicted molar refractivity (Wildman–Crippen MR) is 69.5 cm³/mol. The Morgan fingerprint density at radius 2 is 2.21 bits per heavy atom. The third-order valence-corrected chi connectivity index (χ3v) is 2.90. The SMILES string of the molecule is CCOC(=O)/C=C/O[C@H]1CCCO[C@@H]1CCC(C)=O. The molecular formula is C14H22O5. The molecule has 0 amide bonds. The molecule has 1 aliphatic heterocycles. The highest BCUT2D eigenvalue weighted by Crippen LogP contribution is 2.21. The summed E-state index contributed by atoms with van der Waals surface area (Å²) in [5.74, 6) is -0.269. The van der Waals surface area contributed by atoms with Crippen LogP contribution in [-0.2, 0) is 23.8 Å². The highest BCUT2D eigenvalue weighted by molar-refractivity contribution is 5.81. The molecule has 0 saturated carbocycles. The standard InChI is InChI=1S/C14H22O5/c1-3-17-14(16)8-10-19-12-5-4-9-18-13(12)7-6-11(2)15/h8,10,12-13H,3-7,9H2,1-2H3/b10-8+/t12-,13+/m0/s1. The molecule has 1 aliphatic rings. The third-order valence-electron chi connectivity index (χ3n) is 2.90. The number of esters is 1. The third kappa shape index (κ3) is 6.38. The van der Waals surface area contributed by atoms with Crippen molar-refractivity contribution in [3.05, 3.63) is 12.3 Å². The van der Waals surface area contributed by atoms with E-state index in [0.29, 0.717) is 26.1 Å². The van der Waals surface area contributed by atoms with Crippen molar-refractivity contribution in [2.75, 3.05) is 13.2 Å². The summed E-state index contributed by atoms with van der Waals surface area (Å²) in [6.07, 6.45) is 5.39. The first-order chi connectivity index (χ1) is 9.13. The number of hydrogen-bond acceptors (Lipinski definition) is 5. The smallest absolute Gasteiger partial charge is 0.333 e. The maximum Gasteiger partial charge on any atom is 0.333 e. The van der Waals surface area contributed by atoms with Crippen molar-refractivity contribution in [2.45, 2.75) is 51.7 Å². The monoisotopic (exact) mass is 270 g/mol. The molecule has 1 heterocycles. The maximum absolute atomic E-state index is 11.1. The minimum atomic E-state index is -0.417. The summed E-state index contributed by atoms with van der Waals surface area (Å²) in [7, 11) is 0. The Kier molecular flexibility index (Phi) is 7.18. The van der Waals surface area contributed by atoms with Crippen molar-refractivity contribution in [1.82, 2.24) is 0 Å². The number of Topliss-reactive ketones (excluding diaryl/α,β-unsaturated/α-hetero) is 1. The summed E-state index contributed by atoms with van der Waals surface area (Å²) in [6.45, 7) is 4.36. The van der Waals surface area contributed by atoms with Gasteiger partial charge in [-0.3, -0.25) is 0 Å². The summed E-state index contributed by atoms with van der Waals surface area (Å²) in [5.41, 5.74) is 0. The van der Waals surface area contributed by atoms with E-state index < -0.39 is 5.97 Å². The van der Waals surface area contributed by atoms with Gasteiger partial charge in [-0.05, 0) is 33.1 Å². The average Bonchev–Trinajstić information content (AvgIpc) is 2.38. The van der Waals surface area contributed by atoms with E-state index >= 15 is 0 Å². The van der Waals surface area contributed by atoms with Crippen molar-refractivity contribution in [2.24, 2.45) is 0 Å². The second kappa shape index (κ2) is 8.69. The molecule has 5 nitrogen and oxygen atoms in total. The van der Waals surface area contributed by atoms with Crippen molar-refractivity contribution in [3.63, 3.8) is 0 Å². The van der Waals surface area contributed by atoms with Crippen LogP contribution >= 0.6 is 0 Å². The quantitative estimate of drug-likeness (QED) is 0.402. The normalized spacial score (nSPS) is 23.3. The van der Waals surface area contributed by atoms with Gasteiger partial charge in [0, 0.05) is 13.0 Å². The topological polar surface area (TPSA) is 61.8 Å². The van der Waals surface area contributed by atoms with Gasteiger partial charge in [-0.15, -0.1) is 0 Å². The van der Waals surface area contributed by atoms with E-state index in [9.17, 15) is 9.59 Å². The molecule has 0 aromatic carbocycles. The Balaban J connectivity index is 2.39. The van der Waals surface area contributed by atoms with Crippen LogP contribution < -0.4 is 0 Å². The molecule has 2 atom stereocenters. The van der Waals surface area contributed by atoms with Crippen LogP contribution in [0.5, 0.6) is 0 Å². The fourth-order valence-corrected chi connectivity index (χ4v) is 1.97. The van der Waals surface area contributed by atoms with Crippen molar-refractivity contribution in [3.8, 4) is 0 Å². The van der Waals surface area contributed by atoms with E-state index in [1.165, 1.54) is 12.3 Å². The van der Waals surface area contributed by atoms with Crippen molar-refractivity contribution < 1.29 is 23.8 Å². The lowest BCUT2D eigenvalue weighted by molar-refractivity contribution is -0.137. The molecule has 1 fully saturated rings. The van der Waals surface area contributed by atoms with Crippen LogP contribution in [0.3, 0.4) is 0 Å². The predicted octanol–water partition coefficient (Wildman–Crippen LogP) is 2.00. The van der Waals surface area contributed by atoms with Crippen LogP contribution in [0.4, 0.5) is 0 Å². The van der Waals surface area contributed by atoms with Gasteiger partial charge >= 0.3 is 5.97 Å². The highest BCUT2D eigenvalue weighted by atomic mass is 16.5. The highest BCUT2D eigenvalue weighted by Gasteiger charge is 2.26. The van der Waals surface area contributed by atoms with Crippen LogP contribution in [0.15, 0.2) is 12.3 Å². The number of ether oxygens (including phenoxy) is 3. The Morgan fingerprint density at radius 3 is 2.89 bits per heavy atom. The van der Waals surface area contributed by atoms with E-state index in [-0.39, 0.29) is 18.0 Å². The van der Waals surface area contributed by atoms with E-state index in [0.717, 1.165) is 12.8 Å². The van der Waals surface area contributed by atoms with Gasteiger partial charge in [0.1, 0.15) is 11.9 Å². The minimum absolute atomic E-state index is 0.0792. The van der Waals surface area contributed by atoms with Crippen LogP contribution in [0.25, 0.3) is 0 Å². The fraction of sp³-hybridized carbons (Fsp3) is 0.714. The van der Waals surface area contributed by atoms with E-state index in [1.807, 2.05) is 0 Å². The minimum Gasteiger partial charge on any atom is -0.495 e. The second-order valence-electron chi connectivity index (χ2n) is 4.52. The Labute approximate surface area is 113 Å². The number of carbonyl (C=O) groups excluding carboxylic acids is 2. The number of hydrogen-bond donors (Lipinski definition) is 0. The summed E-state index contributed by atoms with van der Waals surface area (Å²) in [4.78, 5) is 22.1. The molecular weight excluding hydrogens is 248 g/mol. The van der Waals surface area contributed by atoms with Gasteiger partial charge in [0.2, 0.25) is 0 Å². The fourth-order valence-electron chi connectivity index (χ4n) is 1.97. The lowest BCUT2D eigenvalue weighted by Crippen LogP contribution is -2.35. The first-order valence-electron chi connectivity index (χ1n) is 6.73. The van der Waals surface area contributed by atoms with Crippen LogP contribution in [0.2, 0.25) is 0 Å². The van der Waals surface area contributed by atoms with Crippen LogP contribution in [-0.4, -0.2) is 37.2 Å². The lowest BCUT2D eigenvalue weighted by atomic mass is 10.0. The number of carbonyl (C=O) groups is 2. The first kappa shape index (κ1) is 15.7. The molecule has 0 aliphatic carbocycles. The molecule has 0 spiro atoms. The van der Waals surface area contributed by atoms with Crippen LogP contribution in [0, 0.1) is 0 Å². The zero-order valence-electron chi connectivity index (χ0n) is 11.6. The first-order valence-corrected chi connectivity index (χ1v) is 6.73. The maximum atomic E-state index is 11.1. The summed E-state index contributed by atoms with van der Waals surface area (Å²) in [6, 6.07) is 0. The van der Waals surface area contributed by atoms with Gasteiger partial charge in [0.05, 0.1) is 25.0 Å². The molecule has 0 aromatic rings. The number of ketones is 1. The Hall–Kier alpha value is -1.36. The average molecular weight is 270 g/mol. The van der Waals surface area contributed by atoms with E-state index in [2.05, 4.69) is 0 Å². The molecule has 5 heteroatoms. The molecule has 108 valence electrons. The molecule has 1 rings (SSSR count). The summed E-state index contributed by atoms with van der Waals surface area (Å²) < 4.78 is 15.9. The Morgan fingerprint density at radius 1 is 1.42 bits per heavy atom. The van der Waals surface area contributed by atoms with E-state index in [4.69, 9.17) is 14.2 Å². The van der Waals surface area contributed by atoms with Gasteiger partial charge < -0.3 is 19.0 Å². The summed E-state index contributed by atoms with van der Waals surface area (Å²) >= 11 is 0. The molecule has 0 N–H and O–H groups in total. The van der Waals surface area contributed by atoms with E-state index in [1.54, 1.807) is 13.8 Å². The second-order valence-corrected chi connectivity index (χ2v) is 4.52. The largest absolute Gasteiger partial charge is 0.495 e. The van der Waals surface area contributed by atoms with Crippen molar-refractivity contribution in [1.29, 1.82) is 0 Å². The summed E-state index contributed by atoms with van der Waals surface area (Å²) in [5, 5.41) is 0. The molecule has 0 aromatic heterocycles.